The summed E-state index contributed by atoms with van der Waals surface area (Å²) >= 11 is 1.58. The van der Waals surface area contributed by atoms with Gasteiger partial charge in [0.1, 0.15) is 23.4 Å². The zero-order valence-corrected chi connectivity index (χ0v) is 24.2. The normalized spacial score (nSPS) is 15.2. The molecule has 1 aromatic heterocycles. The number of ether oxygens (including phenoxy) is 1. The van der Waals surface area contributed by atoms with Crippen molar-refractivity contribution >= 4 is 17.3 Å². The Balaban J connectivity index is 1.18. The second-order valence-corrected chi connectivity index (χ2v) is 11.6. The zero-order chi connectivity index (χ0) is 27.9. The lowest BCUT2D eigenvalue weighted by atomic mass is 9.90. The lowest BCUT2D eigenvalue weighted by molar-refractivity contribution is -0.144. The molecule has 4 aromatic rings. The number of benzene rings is 3. The molecule has 6 heteroatoms. The Morgan fingerprint density at radius 2 is 1.70 bits per heavy atom. The summed E-state index contributed by atoms with van der Waals surface area (Å²) in [5.41, 5.74) is 6.80. The van der Waals surface area contributed by atoms with Crippen LogP contribution in [0.4, 0.5) is 0 Å². The van der Waals surface area contributed by atoms with Gasteiger partial charge in [-0.3, -0.25) is 9.69 Å². The minimum atomic E-state index is -0.780. The molecule has 0 radical (unpaired) electrons. The number of rotatable bonds is 12. The first-order valence-corrected chi connectivity index (χ1v) is 15.2. The van der Waals surface area contributed by atoms with E-state index in [4.69, 9.17) is 9.72 Å². The number of carbonyl (C=O) groups is 1. The first kappa shape index (κ1) is 28.1. The van der Waals surface area contributed by atoms with Crippen molar-refractivity contribution in [2.75, 3.05) is 0 Å². The molecule has 0 saturated carbocycles. The first-order chi connectivity index (χ1) is 19.5. The molecule has 2 heterocycles. The summed E-state index contributed by atoms with van der Waals surface area (Å²) in [5.74, 6) is 0.749. The number of fused-ring (bicyclic) bond motifs is 1. The largest absolute Gasteiger partial charge is 0.489 e. The molecule has 0 fully saturated rings. The number of aromatic nitrogens is 1. The molecule has 5 rings (SSSR count). The van der Waals surface area contributed by atoms with Gasteiger partial charge >= 0.3 is 5.97 Å². The number of carboxylic acids is 1. The topological polar surface area (TPSA) is 62.7 Å². The summed E-state index contributed by atoms with van der Waals surface area (Å²) in [7, 11) is 0. The number of hydrogen-bond acceptors (Lipinski definition) is 5. The van der Waals surface area contributed by atoms with Gasteiger partial charge < -0.3 is 9.84 Å². The molecule has 0 amide bonds. The highest BCUT2D eigenvalue weighted by molar-refractivity contribution is 7.09. The standard InChI is InChI=1S/C34H38N2O3S/c1-3-7-25(8-4-2)26-15-17-30(18-16-26)39-22-24-11-13-27(14-12-24)31-23-40-33(35-31)21-36-20-29-10-6-5-9-28(29)19-32(36)34(37)38/h5-6,9-18,23,25,32H,3-4,7-8,19-22H2,1-2H3,(H,37,38)/t32-/m0/s1. The second kappa shape index (κ2) is 13.2. The van der Waals surface area contributed by atoms with E-state index in [9.17, 15) is 9.90 Å². The minimum Gasteiger partial charge on any atom is -0.489 e. The highest BCUT2D eigenvalue weighted by Crippen LogP contribution is 2.30. The summed E-state index contributed by atoms with van der Waals surface area (Å²) in [6.07, 6.45) is 5.40. The van der Waals surface area contributed by atoms with Gasteiger partial charge in [0.25, 0.3) is 0 Å². The molecule has 208 valence electrons. The van der Waals surface area contributed by atoms with E-state index in [1.165, 1.54) is 36.8 Å². The smallest absolute Gasteiger partial charge is 0.321 e. The highest BCUT2D eigenvalue weighted by atomic mass is 32.1. The van der Waals surface area contributed by atoms with Crippen molar-refractivity contribution in [2.24, 2.45) is 0 Å². The van der Waals surface area contributed by atoms with Crippen molar-refractivity contribution in [3.63, 3.8) is 0 Å². The molecule has 0 saturated heterocycles. The average Bonchev–Trinajstić information content (AvgIpc) is 3.44. The molecule has 0 aliphatic carbocycles. The van der Waals surface area contributed by atoms with Crippen LogP contribution in [-0.2, 0) is 30.9 Å². The number of aliphatic carboxylic acids is 1. The summed E-state index contributed by atoms with van der Waals surface area (Å²) in [6, 6.07) is 24.5. The summed E-state index contributed by atoms with van der Waals surface area (Å²) in [4.78, 5) is 18.9. The summed E-state index contributed by atoms with van der Waals surface area (Å²) in [5, 5.41) is 12.8. The fourth-order valence-electron chi connectivity index (χ4n) is 5.63. The van der Waals surface area contributed by atoms with E-state index in [1.54, 1.807) is 11.3 Å². The van der Waals surface area contributed by atoms with Crippen LogP contribution < -0.4 is 4.74 Å². The van der Waals surface area contributed by atoms with Crippen LogP contribution in [0.15, 0.2) is 78.2 Å². The fourth-order valence-corrected chi connectivity index (χ4v) is 6.45. The number of hydrogen-bond donors (Lipinski definition) is 1. The van der Waals surface area contributed by atoms with Crippen LogP contribution in [-0.4, -0.2) is 27.0 Å². The maximum absolute atomic E-state index is 12.0. The molecule has 1 aliphatic heterocycles. The first-order valence-electron chi connectivity index (χ1n) is 14.3. The average molecular weight is 555 g/mol. The van der Waals surface area contributed by atoms with E-state index in [0.29, 0.717) is 32.0 Å². The van der Waals surface area contributed by atoms with Crippen LogP contribution in [0.25, 0.3) is 11.3 Å². The Morgan fingerprint density at radius 3 is 2.38 bits per heavy atom. The summed E-state index contributed by atoms with van der Waals surface area (Å²) in [6.45, 7) is 6.17. The monoisotopic (exact) mass is 554 g/mol. The van der Waals surface area contributed by atoms with Crippen LogP contribution in [0.1, 0.15) is 72.7 Å². The predicted molar refractivity (Wildman–Crippen MR) is 162 cm³/mol. The fraction of sp³-hybridized carbons (Fsp3) is 0.353. The van der Waals surface area contributed by atoms with Crippen molar-refractivity contribution in [2.45, 2.75) is 77.6 Å². The minimum absolute atomic E-state index is 0.516. The van der Waals surface area contributed by atoms with E-state index >= 15 is 0 Å². The highest BCUT2D eigenvalue weighted by Gasteiger charge is 2.31. The Bertz CT molecular complexity index is 1390. The third-order valence-electron chi connectivity index (χ3n) is 7.80. The van der Waals surface area contributed by atoms with Gasteiger partial charge in [-0.25, -0.2) is 4.98 Å². The van der Waals surface area contributed by atoms with Crippen molar-refractivity contribution < 1.29 is 14.6 Å². The van der Waals surface area contributed by atoms with Crippen LogP contribution in [0.2, 0.25) is 0 Å². The number of thiazole rings is 1. The third-order valence-corrected chi connectivity index (χ3v) is 8.64. The molecule has 40 heavy (non-hydrogen) atoms. The van der Waals surface area contributed by atoms with Crippen molar-refractivity contribution in [3.8, 4) is 17.0 Å². The van der Waals surface area contributed by atoms with Gasteiger partial charge in [0, 0.05) is 17.5 Å². The van der Waals surface area contributed by atoms with Crippen LogP contribution in [0.3, 0.4) is 0 Å². The SMILES string of the molecule is CCCC(CCC)c1ccc(OCc2ccc(-c3csc(CN4Cc5ccccc5C[C@H]4C(=O)O)n3)cc2)cc1. The van der Waals surface area contributed by atoms with Crippen LogP contribution >= 0.6 is 11.3 Å². The van der Waals surface area contributed by atoms with Crippen molar-refractivity contribution in [1.82, 2.24) is 9.88 Å². The molecule has 0 spiro atoms. The van der Waals surface area contributed by atoms with Crippen molar-refractivity contribution in [1.29, 1.82) is 0 Å². The van der Waals surface area contributed by atoms with Crippen LogP contribution in [0, 0.1) is 0 Å². The van der Waals surface area contributed by atoms with Gasteiger partial charge in [0.2, 0.25) is 0 Å². The molecular formula is C34H38N2O3S. The van der Waals surface area contributed by atoms with Gasteiger partial charge in [-0.15, -0.1) is 11.3 Å². The van der Waals surface area contributed by atoms with E-state index < -0.39 is 12.0 Å². The lowest BCUT2D eigenvalue weighted by Crippen LogP contribution is -2.44. The Labute approximate surface area is 241 Å². The maximum Gasteiger partial charge on any atom is 0.321 e. The van der Waals surface area contributed by atoms with Gasteiger partial charge in [0.15, 0.2) is 0 Å². The molecular weight excluding hydrogens is 516 g/mol. The van der Waals surface area contributed by atoms with E-state index in [-0.39, 0.29) is 0 Å². The number of nitrogens with zero attached hydrogens (tertiary/aromatic N) is 2. The molecule has 0 bridgehead atoms. The molecule has 1 N–H and O–H groups in total. The van der Waals surface area contributed by atoms with Crippen LogP contribution in [0.5, 0.6) is 5.75 Å². The van der Waals surface area contributed by atoms with Crippen molar-refractivity contribution in [3.05, 3.63) is 105 Å². The Kier molecular flexibility index (Phi) is 9.30. The summed E-state index contributed by atoms with van der Waals surface area (Å²) < 4.78 is 6.07. The van der Waals surface area contributed by atoms with Gasteiger partial charge in [-0.1, -0.05) is 87.4 Å². The van der Waals surface area contributed by atoms with Gasteiger partial charge in [-0.2, -0.15) is 0 Å². The molecule has 0 unspecified atom stereocenters. The van der Waals surface area contributed by atoms with Gasteiger partial charge in [-0.05, 0) is 59.6 Å². The second-order valence-electron chi connectivity index (χ2n) is 10.7. The Hall–Kier alpha value is -3.48. The third kappa shape index (κ3) is 6.80. The molecule has 1 aliphatic rings. The van der Waals surface area contributed by atoms with E-state index in [1.807, 2.05) is 23.1 Å². The molecule has 3 aromatic carbocycles. The molecule has 5 nitrogen and oxygen atoms in total. The van der Waals surface area contributed by atoms with Gasteiger partial charge in [0.05, 0.1) is 12.2 Å². The number of carboxylic acid groups (broad SMARTS) is 1. The Morgan fingerprint density at radius 1 is 1.00 bits per heavy atom. The van der Waals surface area contributed by atoms with E-state index in [0.717, 1.165) is 33.1 Å². The predicted octanol–water partition coefficient (Wildman–Crippen LogP) is 8.08. The maximum atomic E-state index is 12.0. The van der Waals surface area contributed by atoms with E-state index in [2.05, 4.69) is 73.8 Å². The lowest BCUT2D eigenvalue weighted by Gasteiger charge is -2.33. The zero-order valence-electron chi connectivity index (χ0n) is 23.4. The quantitative estimate of drug-likeness (QED) is 0.192. The molecule has 1 atom stereocenters.